The summed E-state index contributed by atoms with van der Waals surface area (Å²) in [6.45, 7) is 4.61. The highest BCUT2D eigenvalue weighted by atomic mass is 32.1. The summed E-state index contributed by atoms with van der Waals surface area (Å²) < 4.78 is 20.7. The van der Waals surface area contributed by atoms with E-state index in [4.69, 9.17) is 9.72 Å². The Balaban J connectivity index is 1.67. The van der Waals surface area contributed by atoms with Gasteiger partial charge in [-0.25, -0.2) is 9.37 Å². The van der Waals surface area contributed by atoms with Crippen molar-refractivity contribution in [3.8, 4) is 0 Å². The minimum atomic E-state index is -0.308. The highest BCUT2D eigenvalue weighted by Crippen LogP contribution is 2.38. The number of thiophene rings is 1. The number of hydrogen-bond donors (Lipinski definition) is 0. The Bertz CT molecular complexity index is 1200. The van der Waals surface area contributed by atoms with Crippen LogP contribution in [-0.2, 0) is 17.8 Å². The zero-order valence-electron chi connectivity index (χ0n) is 17.9. The molecule has 162 valence electrons. The van der Waals surface area contributed by atoms with Gasteiger partial charge < -0.3 is 4.74 Å². The largest absolute Gasteiger partial charge is 0.370 e. The van der Waals surface area contributed by atoms with E-state index < -0.39 is 0 Å². The molecule has 3 heterocycles. The molecule has 0 atom stereocenters. The van der Waals surface area contributed by atoms with Crippen LogP contribution in [0, 0.1) is 5.82 Å². The lowest BCUT2D eigenvalue weighted by molar-refractivity contribution is -0.0379. The van der Waals surface area contributed by atoms with E-state index in [-0.39, 0.29) is 22.9 Å². The molecule has 0 spiro atoms. The van der Waals surface area contributed by atoms with Crippen LogP contribution in [0.1, 0.15) is 73.7 Å². The number of rotatable bonds is 3. The first-order valence-electron chi connectivity index (χ1n) is 10.9. The van der Waals surface area contributed by atoms with Crippen LogP contribution in [0.15, 0.2) is 34.2 Å². The predicted molar refractivity (Wildman–Crippen MR) is 122 cm³/mol. The Morgan fingerprint density at radius 2 is 1.97 bits per heavy atom. The summed E-state index contributed by atoms with van der Waals surface area (Å²) >= 11 is 1.57. The van der Waals surface area contributed by atoms with Crippen LogP contribution in [-0.4, -0.2) is 21.5 Å². The molecule has 1 fully saturated rings. The zero-order valence-corrected chi connectivity index (χ0v) is 18.7. The number of nitrogens with zero attached hydrogens (tertiary/aromatic N) is 3. The maximum atomic E-state index is 13.7. The average molecular weight is 440 g/mol. The van der Waals surface area contributed by atoms with Crippen molar-refractivity contribution in [1.82, 2.24) is 9.66 Å². The second-order valence-electron chi connectivity index (χ2n) is 9.13. The van der Waals surface area contributed by atoms with Gasteiger partial charge >= 0.3 is 0 Å². The smallest absolute Gasteiger partial charge is 0.283 e. The van der Waals surface area contributed by atoms with Crippen molar-refractivity contribution < 1.29 is 9.13 Å². The minimum Gasteiger partial charge on any atom is -0.370 e. The summed E-state index contributed by atoms with van der Waals surface area (Å²) in [6.07, 6.45) is 7.85. The first-order chi connectivity index (χ1) is 14.9. The Hall–Kier alpha value is -2.38. The second kappa shape index (κ2) is 7.95. The lowest BCUT2D eigenvalue weighted by atomic mass is 9.88. The molecule has 5 rings (SSSR count). The molecule has 1 saturated carbocycles. The molecule has 1 aliphatic heterocycles. The van der Waals surface area contributed by atoms with E-state index in [1.165, 1.54) is 23.2 Å². The summed E-state index contributed by atoms with van der Waals surface area (Å²) in [7, 11) is 0. The molecule has 0 unspecified atom stereocenters. The maximum Gasteiger partial charge on any atom is 0.283 e. The van der Waals surface area contributed by atoms with E-state index in [1.807, 2.05) is 0 Å². The monoisotopic (exact) mass is 439 g/mol. The maximum absolute atomic E-state index is 13.7. The standard InChI is InChI=1S/C24H26FN3O2S/c1-24(2)12-18-19(14-30-24)31-22-20(18)23(29)28(21(27-22)16-6-4-3-5-7-16)26-13-15-8-10-17(25)11-9-15/h8-11,13,16H,3-7,12,14H2,1-2H3/b26-13+. The van der Waals surface area contributed by atoms with Crippen LogP contribution in [0.4, 0.5) is 4.39 Å². The summed E-state index contributed by atoms with van der Waals surface area (Å²) in [5, 5.41) is 5.24. The van der Waals surface area contributed by atoms with Crippen molar-refractivity contribution in [3.05, 3.63) is 62.3 Å². The number of ether oxygens (including phenoxy) is 1. The topological polar surface area (TPSA) is 56.5 Å². The molecule has 0 N–H and O–H groups in total. The van der Waals surface area contributed by atoms with E-state index in [0.717, 1.165) is 52.3 Å². The van der Waals surface area contributed by atoms with Crippen LogP contribution in [0.2, 0.25) is 0 Å². The predicted octanol–water partition coefficient (Wildman–Crippen LogP) is 5.38. The molecule has 0 radical (unpaired) electrons. The molecule has 2 aliphatic rings. The van der Waals surface area contributed by atoms with Crippen LogP contribution in [0.3, 0.4) is 0 Å². The molecule has 3 aromatic rings. The van der Waals surface area contributed by atoms with Gasteiger partial charge in [-0.15, -0.1) is 11.3 Å². The summed E-state index contributed by atoms with van der Waals surface area (Å²) in [4.78, 5) is 20.6. The molecular formula is C24H26FN3O2S. The van der Waals surface area contributed by atoms with Gasteiger partial charge in [0.1, 0.15) is 16.5 Å². The first kappa shape index (κ1) is 20.5. The zero-order chi connectivity index (χ0) is 21.6. The lowest BCUT2D eigenvalue weighted by Gasteiger charge is -2.30. The molecule has 1 aromatic carbocycles. The number of hydrogen-bond acceptors (Lipinski definition) is 5. The quantitative estimate of drug-likeness (QED) is 0.515. The normalized spacial score (nSPS) is 19.2. The van der Waals surface area contributed by atoms with Gasteiger partial charge in [0, 0.05) is 17.2 Å². The highest BCUT2D eigenvalue weighted by Gasteiger charge is 2.32. The third-order valence-corrected chi connectivity index (χ3v) is 7.37. The van der Waals surface area contributed by atoms with E-state index in [1.54, 1.807) is 29.7 Å². The fourth-order valence-corrected chi connectivity index (χ4v) is 5.71. The number of halogens is 1. The fourth-order valence-electron chi connectivity index (χ4n) is 4.61. The Labute approximate surface area is 184 Å². The van der Waals surface area contributed by atoms with E-state index in [0.29, 0.717) is 18.4 Å². The first-order valence-corrected chi connectivity index (χ1v) is 11.7. The molecule has 7 heteroatoms. The Morgan fingerprint density at radius 1 is 1.23 bits per heavy atom. The van der Waals surface area contributed by atoms with Crippen LogP contribution in [0.25, 0.3) is 10.2 Å². The minimum absolute atomic E-state index is 0.112. The molecule has 5 nitrogen and oxygen atoms in total. The summed E-state index contributed by atoms with van der Waals surface area (Å²) in [5.74, 6) is 0.674. The summed E-state index contributed by atoms with van der Waals surface area (Å²) in [5.41, 5.74) is 1.37. The molecule has 1 aliphatic carbocycles. The second-order valence-corrected chi connectivity index (χ2v) is 10.2. The van der Waals surface area contributed by atoms with Gasteiger partial charge in [-0.3, -0.25) is 4.79 Å². The van der Waals surface area contributed by atoms with Crippen molar-refractivity contribution in [2.45, 2.75) is 70.5 Å². The SMILES string of the molecule is CC1(C)Cc2c(sc3nc(C4CCCCC4)n(/N=C/c4ccc(F)cc4)c(=O)c23)CO1. The van der Waals surface area contributed by atoms with Gasteiger partial charge in [0.05, 0.1) is 23.8 Å². The van der Waals surface area contributed by atoms with E-state index in [2.05, 4.69) is 18.9 Å². The molecule has 2 aromatic heterocycles. The number of benzene rings is 1. The summed E-state index contributed by atoms with van der Waals surface area (Å²) in [6, 6.07) is 6.10. The van der Waals surface area contributed by atoms with Crippen molar-refractivity contribution in [2.24, 2.45) is 5.10 Å². The molecular weight excluding hydrogens is 413 g/mol. The molecule has 0 amide bonds. The van der Waals surface area contributed by atoms with Gasteiger partial charge in [0.2, 0.25) is 0 Å². The lowest BCUT2D eigenvalue weighted by Crippen LogP contribution is -2.32. The number of aromatic nitrogens is 2. The fraction of sp³-hybridized carbons (Fsp3) is 0.458. The molecule has 31 heavy (non-hydrogen) atoms. The number of fused-ring (bicyclic) bond motifs is 3. The van der Waals surface area contributed by atoms with Crippen LogP contribution >= 0.6 is 11.3 Å². The van der Waals surface area contributed by atoms with Crippen molar-refractivity contribution in [2.75, 3.05) is 0 Å². The van der Waals surface area contributed by atoms with Crippen molar-refractivity contribution in [1.29, 1.82) is 0 Å². The molecule has 0 bridgehead atoms. The van der Waals surface area contributed by atoms with Crippen LogP contribution < -0.4 is 5.56 Å². The highest BCUT2D eigenvalue weighted by molar-refractivity contribution is 7.18. The van der Waals surface area contributed by atoms with Gasteiger partial charge in [-0.1, -0.05) is 31.4 Å². The van der Waals surface area contributed by atoms with Gasteiger partial charge in [0.25, 0.3) is 5.56 Å². The van der Waals surface area contributed by atoms with Gasteiger partial charge in [-0.05, 0) is 49.9 Å². The van der Waals surface area contributed by atoms with E-state index in [9.17, 15) is 9.18 Å². The van der Waals surface area contributed by atoms with Gasteiger partial charge in [0.15, 0.2) is 0 Å². The van der Waals surface area contributed by atoms with Gasteiger partial charge in [-0.2, -0.15) is 9.78 Å². The Morgan fingerprint density at radius 3 is 2.71 bits per heavy atom. The van der Waals surface area contributed by atoms with Crippen molar-refractivity contribution in [3.63, 3.8) is 0 Å². The van der Waals surface area contributed by atoms with Crippen LogP contribution in [0.5, 0.6) is 0 Å². The van der Waals surface area contributed by atoms with Crippen molar-refractivity contribution >= 4 is 27.8 Å². The third kappa shape index (κ3) is 3.96. The van der Waals surface area contributed by atoms with E-state index >= 15 is 0 Å². The third-order valence-electron chi connectivity index (χ3n) is 6.27. The Kier molecular flexibility index (Phi) is 5.26. The molecule has 0 saturated heterocycles. The average Bonchev–Trinajstić information content (AvgIpc) is 3.11.